The molecule has 3 aromatic carbocycles. The summed E-state index contributed by atoms with van der Waals surface area (Å²) in [5.41, 5.74) is 8.35. The van der Waals surface area contributed by atoms with Gasteiger partial charge in [0, 0.05) is 12.8 Å². The first kappa shape index (κ1) is 31.8. The minimum absolute atomic E-state index is 0.0304. The molecule has 222 valence electrons. The molecular weight excluding hydrogens is 536 g/mol. The molecule has 0 radical (unpaired) electrons. The van der Waals surface area contributed by atoms with Gasteiger partial charge < -0.3 is 31.9 Å². The SMILES string of the molecule is CC(C)C(NC(=O)C(N)Cc1ccccc1)C(=O)NC(Cc1ccccc1)C(=O)NC(Cc1ccc(O)cc1)C(=O)O. The lowest BCUT2D eigenvalue weighted by atomic mass is 9.99. The van der Waals surface area contributed by atoms with Crippen molar-refractivity contribution in [3.8, 4) is 5.75 Å². The first-order valence-electron chi connectivity index (χ1n) is 13.8. The Morgan fingerprint density at radius 3 is 1.64 bits per heavy atom. The van der Waals surface area contributed by atoms with E-state index in [1.54, 1.807) is 50.2 Å². The maximum atomic E-state index is 13.5. The molecule has 0 saturated heterocycles. The number of nitrogens with two attached hydrogens (primary N) is 1. The average Bonchev–Trinajstić information content (AvgIpc) is 2.96. The molecule has 4 atom stereocenters. The maximum absolute atomic E-state index is 13.5. The number of carbonyl (C=O) groups is 4. The van der Waals surface area contributed by atoms with Crippen molar-refractivity contribution >= 4 is 23.7 Å². The van der Waals surface area contributed by atoms with E-state index in [-0.39, 0.29) is 30.9 Å². The molecule has 10 heteroatoms. The van der Waals surface area contributed by atoms with Crippen LogP contribution in [0.3, 0.4) is 0 Å². The fraction of sp³-hybridized carbons (Fsp3) is 0.312. The average molecular weight is 575 g/mol. The van der Waals surface area contributed by atoms with Crippen LogP contribution in [0.15, 0.2) is 84.9 Å². The largest absolute Gasteiger partial charge is 0.508 e. The van der Waals surface area contributed by atoms with Gasteiger partial charge in [-0.2, -0.15) is 0 Å². The molecule has 42 heavy (non-hydrogen) atoms. The Morgan fingerprint density at radius 1 is 0.643 bits per heavy atom. The van der Waals surface area contributed by atoms with E-state index in [9.17, 15) is 29.4 Å². The molecule has 3 rings (SSSR count). The number of aromatic hydroxyl groups is 1. The first-order valence-corrected chi connectivity index (χ1v) is 13.8. The number of nitrogens with one attached hydrogen (secondary N) is 3. The summed E-state index contributed by atoms with van der Waals surface area (Å²) in [5, 5.41) is 27.3. The van der Waals surface area contributed by atoms with Crippen LogP contribution in [0.1, 0.15) is 30.5 Å². The molecule has 0 aromatic heterocycles. The van der Waals surface area contributed by atoms with E-state index in [1.807, 2.05) is 36.4 Å². The van der Waals surface area contributed by atoms with Crippen LogP contribution in [-0.4, -0.2) is 58.1 Å². The molecule has 3 amide bonds. The van der Waals surface area contributed by atoms with Gasteiger partial charge in [-0.1, -0.05) is 86.6 Å². The number of phenols is 1. The number of carbonyl (C=O) groups excluding carboxylic acids is 3. The van der Waals surface area contributed by atoms with Crippen molar-refractivity contribution in [2.45, 2.75) is 57.3 Å². The predicted octanol–water partition coefficient (Wildman–Crippen LogP) is 1.94. The highest BCUT2D eigenvalue weighted by atomic mass is 16.4. The fourth-order valence-electron chi connectivity index (χ4n) is 4.42. The van der Waals surface area contributed by atoms with Crippen molar-refractivity contribution in [2.75, 3.05) is 0 Å². The van der Waals surface area contributed by atoms with Gasteiger partial charge in [0.05, 0.1) is 6.04 Å². The van der Waals surface area contributed by atoms with Crippen LogP contribution in [0.2, 0.25) is 0 Å². The number of phenolic OH excluding ortho intramolecular Hbond substituents is 1. The van der Waals surface area contributed by atoms with Crippen molar-refractivity contribution in [3.63, 3.8) is 0 Å². The number of benzene rings is 3. The molecular formula is C32H38N4O6. The van der Waals surface area contributed by atoms with Gasteiger partial charge in [-0.15, -0.1) is 0 Å². The minimum atomic E-state index is -1.28. The third-order valence-corrected chi connectivity index (χ3v) is 6.79. The summed E-state index contributed by atoms with van der Waals surface area (Å²) < 4.78 is 0. The molecule has 0 bridgehead atoms. The quantitative estimate of drug-likeness (QED) is 0.171. The molecule has 7 N–H and O–H groups in total. The Kier molecular flexibility index (Phi) is 11.6. The maximum Gasteiger partial charge on any atom is 0.326 e. The summed E-state index contributed by atoms with van der Waals surface area (Å²) in [5.74, 6) is -3.33. The topological polar surface area (TPSA) is 171 Å². The minimum Gasteiger partial charge on any atom is -0.508 e. The van der Waals surface area contributed by atoms with Crippen molar-refractivity contribution in [1.82, 2.24) is 16.0 Å². The van der Waals surface area contributed by atoms with Gasteiger partial charge in [0.15, 0.2) is 0 Å². The molecule has 0 aliphatic heterocycles. The normalized spacial score (nSPS) is 13.8. The fourth-order valence-corrected chi connectivity index (χ4v) is 4.42. The molecule has 3 aromatic rings. The number of carboxylic acid groups (broad SMARTS) is 1. The number of rotatable bonds is 14. The Bertz CT molecular complexity index is 1330. The Morgan fingerprint density at radius 2 is 1.12 bits per heavy atom. The van der Waals surface area contributed by atoms with E-state index in [4.69, 9.17) is 5.73 Å². The Hall–Kier alpha value is -4.70. The standard InChI is InChI=1S/C32H38N4O6/c1-20(2)28(36-29(38)25(33)17-21-9-5-3-6-10-21)31(40)34-26(18-22-11-7-4-8-12-22)30(39)35-27(32(41)42)19-23-13-15-24(37)16-14-23/h3-16,20,25-28,37H,17-19,33H2,1-2H3,(H,34,40)(H,35,39)(H,36,38)(H,41,42). The number of hydrogen-bond acceptors (Lipinski definition) is 6. The molecule has 0 heterocycles. The van der Waals surface area contributed by atoms with Gasteiger partial charge in [0.25, 0.3) is 0 Å². The second-order valence-corrected chi connectivity index (χ2v) is 10.5. The molecule has 4 unspecified atom stereocenters. The summed E-state index contributed by atoms with van der Waals surface area (Å²) in [7, 11) is 0. The van der Waals surface area contributed by atoms with E-state index in [0.717, 1.165) is 11.1 Å². The lowest BCUT2D eigenvalue weighted by molar-refractivity contribution is -0.142. The highest BCUT2D eigenvalue weighted by Gasteiger charge is 2.32. The molecule has 0 saturated carbocycles. The van der Waals surface area contributed by atoms with Crippen LogP contribution in [0.4, 0.5) is 0 Å². The Labute approximate surface area is 245 Å². The van der Waals surface area contributed by atoms with Gasteiger partial charge in [0.1, 0.15) is 23.9 Å². The number of hydrogen-bond donors (Lipinski definition) is 6. The van der Waals surface area contributed by atoms with Gasteiger partial charge >= 0.3 is 5.97 Å². The highest BCUT2D eigenvalue weighted by molar-refractivity contribution is 5.94. The van der Waals surface area contributed by atoms with E-state index in [2.05, 4.69) is 16.0 Å². The summed E-state index contributed by atoms with van der Waals surface area (Å²) in [6.45, 7) is 3.52. The van der Waals surface area contributed by atoms with Crippen LogP contribution in [0.25, 0.3) is 0 Å². The van der Waals surface area contributed by atoms with Gasteiger partial charge in [-0.3, -0.25) is 14.4 Å². The zero-order valence-corrected chi connectivity index (χ0v) is 23.7. The summed E-state index contributed by atoms with van der Waals surface area (Å²) in [4.78, 5) is 51.8. The lowest BCUT2D eigenvalue weighted by Gasteiger charge is -2.27. The number of carboxylic acids is 1. The summed E-state index contributed by atoms with van der Waals surface area (Å²) in [6, 6.07) is 20.0. The third-order valence-electron chi connectivity index (χ3n) is 6.79. The Balaban J connectivity index is 1.75. The van der Waals surface area contributed by atoms with E-state index < -0.39 is 47.9 Å². The zero-order valence-electron chi connectivity index (χ0n) is 23.7. The first-order chi connectivity index (χ1) is 20.0. The van der Waals surface area contributed by atoms with E-state index in [0.29, 0.717) is 5.56 Å². The monoisotopic (exact) mass is 574 g/mol. The van der Waals surface area contributed by atoms with Gasteiger partial charge in [0.2, 0.25) is 17.7 Å². The van der Waals surface area contributed by atoms with Gasteiger partial charge in [-0.05, 0) is 41.2 Å². The third kappa shape index (κ3) is 9.74. The van der Waals surface area contributed by atoms with Crippen LogP contribution < -0.4 is 21.7 Å². The van der Waals surface area contributed by atoms with Crippen molar-refractivity contribution in [3.05, 3.63) is 102 Å². The molecule has 0 aliphatic carbocycles. The predicted molar refractivity (Wildman–Crippen MR) is 158 cm³/mol. The lowest BCUT2D eigenvalue weighted by Crippen LogP contribution is -2.59. The molecule has 0 aliphatic rings. The number of aliphatic carboxylic acids is 1. The molecule has 0 fully saturated rings. The summed E-state index contributed by atoms with van der Waals surface area (Å²) >= 11 is 0. The van der Waals surface area contributed by atoms with E-state index in [1.165, 1.54) is 12.1 Å². The van der Waals surface area contributed by atoms with Crippen LogP contribution in [0.5, 0.6) is 5.75 Å². The number of amides is 3. The van der Waals surface area contributed by atoms with Crippen molar-refractivity contribution in [1.29, 1.82) is 0 Å². The highest BCUT2D eigenvalue weighted by Crippen LogP contribution is 2.13. The second-order valence-electron chi connectivity index (χ2n) is 10.5. The van der Waals surface area contributed by atoms with Gasteiger partial charge in [-0.25, -0.2) is 4.79 Å². The smallest absolute Gasteiger partial charge is 0.326 e. The van der Waals surface area contributed by atoms with Crippen molar-refractivity contribution in [2.24, 2.45) is 11.7 Å². The zero-order chi connectivity index (χ0) is 30.6. The summed E-state index contributed by atoms with van der Waals surface area (Å²) in [6.07, 6.45) is 0.351. The second kappa shape index (κ2) is 15.3. The molecule has 0 spiro atoms. The van der Waals surface area contributed by atoms with Crippen LogP contribution in [0, 0.1) is 5.92 Å². The van der Waals surface area contributed by atoms with Crippen molar-refractivity contribution < 1.29 is 29.4 Å². The molecule has 10 nitrogen and oxygen atoms in total. The van der Waals surface area contributed by atoms with Crippen LogP contribution in [-0.2, 0) is 38.4 Å². The van der Waals surface area contributed by atoms with E-state index >= 15 is 0 Å². The van der Waals surface area contributed by atoms with Crippen LogP contribution >= 0.6 is 0 Å².